The summed E-state index contributed by atoms with van der Waals surface area (Å²) in [6.45, 7) is 0. The third-order valence-corrected chi connectivity index (χ3v) is 4.92. The number of benzene rings is 2. The molecule has 27 heavy (non-hydrogen) atoms. The molecule has 1 aliphatic heterocycles. The fourth-order valence-corrected chi connectivity index (χ4v) is 3.60. The highest BCUT2D eigenvalue weighted by Gasteiger charge is 2.48. The van der Waals surface area contributed by atoms with E-state index in [1.165, 1.54) is 34.7 Å². The fourth-order valence-electron chi connectivity index (χ4n) is 3.01. The summed E-state index contributed by atoms with van der Waals surface area (Å²) >= 11 is 1.09. The number of halogens is 1. The average Bonchev–Trinajstić information content (AvgIpc) is 3.30. The van der Waals surface area contributed by atoms with Crippen LogP contribution >= 0.6 is 11.3 Å². The topological polar surface area (TPSA) is 83.4 Å². The summed E-state index contributed by atoms with van der Waals surface area (Å²) in [6, 6.07) is 12.9. The van der Waals surface area contributed by atoms with Gasteiger partial charge in [-0.25, -0.2) is 4.39 Å². The number of Topliss-reactive ketones (excluding diaryl/α,β-unsaturated/α-hetero) is 1. The molecule has 2 heterocycles. The molecule has 1 aliphatic rings. The second kappa shape index (κ2) is 6.73. The third-order valence-electron chi connectivity index (χ3n) is 4.23. The minimum atomic E-state index is -0.932. The molecule has 1 unspecified atom stereocenters. The molecule has 1 saturated heterocycles. The third kappa shape index (κ3) is 2.89. The molecule has 6 nitrogen and oxygen atoms in total. The summed E-state index contributed by atoms with van der Waals surface area (Å²) in [7, 11) is 0. The molecule has 0 bridgehead atoms. The molecule has 1 atom stereocenters. The molecule has 0 spiro atoms. The Labute approximate surface area is 157 Å². The Morgan fingerprint density at radius 3 is 2.41 bits per heavy atom. The van der Waals surface area contributed by atoms with Gasteiger partial charge in [-0.2, -0.15) is 0 Å². The smallest absolute Gasteiger partial charge is 0.301 e. The van der Waals surface area contributed by atoms with Crippen LogP contribution in [0.4, 0.5) is 9.52 Å². The van der Waals surface area contributed by atoms with Crippen molar-refractivity contribution in [3.63, 3.8) is 0 Å². The van der Waals surface area contributed by atoms with Gasteiger partial charge < -0.3 is 5.11 Å². The Hall–Kier alpha value is -3.39. The maximum Gasteiger partial charge on any atom is 0.301 e. The van der Waals surface area contributed by atoms with Gasteiger partial charge in [-0.05, 0) is 17.7 Å². The lowest BCUT2D eigenvalue weighted by Gasteiger charge is -2.22. The number of aliphatic hydroxyl groups excluding tert-OH is 1. The van der Waals surface area contributed by atoms with Crippen LogP contribution in [0.15, 0.2) is 65.7 Å². The zero-order chi connectivity index (χ0) is 19.0. The summed E-state index contributed by atoms with van der Waals surface area (Å²) in [4.78, 5) is 26.6. The van der Waals surface area contributed by atoms with Gasteiger partial charge in [-0.15, -0.1) is 10.2 Å². The number of ketones is 1. The Kier molecular flexibility index (Phi) is 4.25. The molecule has 1 N–H and O–H groups in total. The summed E-state index contributed by atoms with van der Waals surface area (Å²) in [5, 5.41) is 18.6. The van der Waals surface area contributed by atoms with E-state index >= 15 is 0 Å². The summed E-state index contributed by atoms with van der Waals surface area (Å²) in [5.41, 5.74) is 2.24. The lowest BCUT2D eigenvalue weighted by atomic mass is 9.95. The molecule has 1 fully saturated rings. The van der Waals surface area contributed by atoms with Crippen molar-refractivity contribution < 1.29 is 19.1 Å². The molecule has 0 radical (unpaired) electrons. The van der Waals surface area contributed by atoms with E-state index < -0.39 is 23.5 Å². The number of nitrogens with zero attached hydrogens (tertiary/aromatic N) is 3. The van der Waals surface area contributed by atoms with Crippen molar-refractivity contribution in [1.29, 1.82) is 0 Å². The van der Waals surface area contributed by atoms with Crippen molar-refractivity contribution in [2.75, 3.05) is 4.90 Å². The second-order valence-corrected chi connectivity index (χ2v) is 6.62. The van der Waals surface area contributed by atoms with Crippen LogP contribution in [0.25, 0.3) is 5.76 Å². The number of aromatic nitrogens is 2. The van der Waals surface area contributed by atoms with Crippen LogP contribution in [0.2, 0.25) is 0 Å². The summed E-state index contributed by atoms with van der Waals surface area (Å²) in [6.07, 6.45) is 0. The number of carbonyl (C=O) groups is 2. The number of hydrogen-bond donors (Lipinski definition) is 1. The fraction of sp³-hybridized carbons (Fsp3) is 0.0526. The first-order valence-corrected chi connectivity index (χ1v) is 8.84. The van der Waals surface area contributed by atoms with Crippen molar-refractivity contribution in [3.05, 3.63) is 82.6 Å². The quantitative estimate of drug-likeness (QED) is 0.428. The largest absolute Gasteiger partial charge is 0.507 e. The Bertz CT molecular complexity index is 1030. The van der Waals surface area contributed by atoms with Crippen molar-refractivity contribution in [2.45, 2.75) is 6.04 Å². The number of amides is 1. The molecule has 2 aromatic carbocycles. The van der Waals surface area contributed by atoms with Crippen molar-refractivity contribution in [3.8, 4) is 0 Å². The zero-order valence-corrected chi connectivity index (χ0v) is 14.6. The molecule has 4 rings (SSSR count). The van der Waals surface area contributed by atoms with Gasteiger partial charge in [0.15, 0.2) is 0 Å². The molecule has 1 aromatic heterocycles. The van der Waals surface area contributed by atoms with E-state index in [0.29, 0.717) is 11.1 Å². The molecule has 8 heteroatoms. The van der Waals surface area contributed by atoms with Crippen molar-refractivity contribution in [1.82, 2.24) is 10.2 Å². The molecule has 134 valence electrons. The maximum atomic E-state index is 13.4. The summed E-state index contributed by atoms with van der Waals surface area (Å²) in [5.74, 6) is -2.40. The minimum absolute atomic E-state index is 0.0759. The Morgan fingerprint density at radius 2 is 1.78 bits per heavy atom. The standard InChI is InChI=1S/C19H12FN3O3S/c20-13-8-6-11(7-9-13)15-14(16(24)12-4-2-1-3-5-12)17(25)18(26)23(15)19-22-21-10-27-19/h1-10,15,24H/b16-14+. The van der Waals surface area contributed by atoms with Crippen LogP contribution in [-0.2, 0) is 9.59 Å². The van der Waals surface area contributed by atoms with Gasteiger partial charge in [-0.3, -0.25) is 14.5 Å². The number of carbonyl (C=O) groups excluding carboxylic acids is 2. The first-order chi connectivity index (χ1) is 13.1. The Morgan fingerprint density at radius 1 is 1.07 bits per heavy atom. The lowest BCUT2D eigenvalue weighted by Crippen LogP contribution is -2.29. The van der Waals surface area contributed by atoms with Gasteiger partial charge in [0.05, 0.1) is 11.6 Å². The first kappa shape index (κ1) is 17.0. The second-order valence-electron chi connectivity index (χ2n) is 5.81. The van der Waals surface area contributed by atoms with Gasteiger partial charge in [0.1, 0.15) is 17.1 Å². The van der Waals surface area contributed by atoms with Crippen LogP contribution in [-0.4, -0.2) is 27.0 Å². The van der Waals surface area contributed by atoms with E-state index in [1.807, 2.05) is 0 Å². The van der Waals surface area contributed by atoms with Gasteiger partial charge in [0, 0.05) is 5.56 Å². The van der Waals surface area contributed by atoms with Gasteiger partial charge >= 0.3 is 5.91 Å². The Balaban J connectivity index is 1.94. The first-order valence-electron chi connectivity index (χ1n) is 7.96. The van der Waals surface area contributed by atoms with Crippen molar-refractivity contribution in [2.24, 2.45) is 0 Å². The number of hydrogen-bond acceptors (Lipinski definition) is 6. The highest BCUT2D eigenvalue weighted by Crippen LogP contribution is 2.42. The molecular weight excluding hydrogens is 369 g/mol. The monoisotopic (exact) mass is 381 g/mol. The number of rotatable bonds is 3. The molecule has 0 saturated carbocycles. The van der Waals surface area contributed by atoms with E-state index in [-0.39, 0.29) is 16.5 Å². The number of anilines is 1. The van der Waals surface area contributed by atoms with Crippen LogP contribution < -0.4 is 4.90 Å². The van der Waals surface area contributed by atoms with Crippen LogP contribution in [0.3, 0.4) is 0 Å². The number of aliphatic hydroxyl groups is 1. The highest BCUT2D eigenvalue weighted by molar-refractivity contribution is 7.13. The average molecular weight is 381 g/mol. The zero-order valence-electron chi connectivity index (χ0n) is 13.7. The van der Waals surface area contributed by atoms with E-state index in [4.69, 9.17) is 0 Å². The van der Waals surface area contributed by atoms with E-state index in [9.17, 15) is 19.1 Å². The van der Waals surface area contributed by atoms with Gasteiger partial charge in [-0.1, -0.05) is 53.8 Å². The van der Waals surface area contributed by atoms with Gasteiger partial charge in [0.25, 0.3) is 5.78 Å². The molecular formula is C19H12FN3O3S. The maximum absolute atomic E-state index is 13.4. The SMILES string of the molecule is O=C1C(=O)N(c2nncs2)C(c2ccc(F)cc2)/C1=C(\O)c1ccccc1. The van der Waals surface area contributed by atoms with Crippen molar-refractivity contribution >= 4 is 33.9 Å². The van der Waals surface area contributed by atoms with E-state index in [2.05, 4.69) is 10.2 Å². The van der Waals surface area contributed by atoms with Crippen LogP contribution in [0.5, 0.6) is 0 Å². The predicted octanol–water partition coefficient (Wildman–Crippen LogP) is 3.30. The van der Waals surface area contributed by atoms with E-state index in [0.717, 1.165) is 11.3 Å². The van der Waals surface area contributed by atoms with Crippen LogP contribution in [0.1, 0.15) is 17.2 Å². The van der Waals surface area contributed by atoms with Crippen LogP contribution in [0, 0.1) is 5.82 Å². The molecule has 1 amide bonds. The minimum Gasteiger partial charge on any atom is -0.507 e. The lowest BCUT2D eigenvalue weighted by molar-refractivity contribution is -0.132. The highest BCUT2D eigenvalue weighted by atomic mass is 32.1. The molecule has 0 aliphatic carbocycles. The predicted molar refractivity (Wildman–Crippen MR) is 97.5 cm³/mol. The summed E-state index contributed by atoms with van der Waals surface area (Å²) < 4.78 is 13.4. The normalized spacial score (nSPS) is 18.9. The molecule has 3 aromatic rings. The van der Waals surface area contributed by atoms with E-state index in [1.54, 1.807) is 30.3 Å². The van der Waals surface area contributed by atoms with Gasteiger partial charge in [0.2, 0.25) is 5.13 Å².